The van der Waals surface area contributed by atoms with Crippen molar-refractivity contribution in [3.63, 3.8) is 0 Å². The minimum Gasteiger partial charge on any atom is -0.463 e. The molecule has 0 radical (unpaired) electrons. The second kappa shape index (κ2) is 5.20. The summed E-state index contributed by atoms with van der Waals surface area (Å²) in [6.07, 6.45) is 0.621. The number of hydrogen-bond acceptors (Lipinski definition) is 3. The van der Waals surface area contributed by atoms with Gasteiger partial charge in [-0.15, -0.1) is 0 Å². The van der Waals surface area contributed by atoms with Crippen molar-refractivity contribution in [2.24, 2.45) is 0 Å². The van der Waals surface area contributed by atoms with E-state index in [1.807, 2.05) is 30.3 Å². The van der Waals surface area contributed by atoms with Crippen LogP contribution in [0.2, 0.25) is 0 Å². The Labute approximate surface area is 120 Å². The first kappa shape index (κ1) is 13.1. The van der Waals surface area contributed by atoms with Crippen molar-refractivity contribution in [3.8, 4) is 0 Å². The number of carboxylic acid groups (broad SMARTS) is 1. The highest BCUT2D eigenvalue weighted by Gasteiger charge is 2.12. The van der Waals surface area contributed by atoms with E-state index in [0.717, 1.165) is 10.2 Å². The summed E-state index contributed by atoms with van der Waals surface area (Å²) in [5.74, 6) is -0.00817. The fourth-order valence-corrected chi connectivity index (χ4v) is 2.24. The van der Waals surface area contributed by atoms with E-state index in [1.54, 1.807) is 18.2 Å². The van der Waals surface area contributed by atoms with Crippen LogP contribution in [0.4, 0.5) is 4.79 Å². The third kappa shape index (κ3) is 2.53. The number of benzene rings is 2. The van der Waals surface area contributed by atoms with Gasteiger partial charge in [-0.3, -0.25) is 4.79 Å². The maximum atomic E-state index is 12.3. The van der Waals surface area contributed by atoms with Crippen molar-refractivity contribution >= 4 is 22.8 Å². The number of fused-ring (bicyclic) bond motifs is 1. The Kier molecular flexibility index (Phi) is 3.23. The van der Waals surface area contributed by atoms with Crippen molar-refractivity contribution in [2.75, 3.05) is 0 Å². The maximum absolute atomic E-state index is 12.3. The number of Topliss-reactive ketones (excluding diaryl/α,β-unsaturated/α-hetero) is 1. The van der Waals surface area contributed by atoms with Gasteiger partial charge in [0, 0.05) is 17.4 Å². The second-order valence-corrected chi connectivity index (χ2v) is 4.70. The predicted octanol–water partition coefficient (Wildman–Crippen LogP) is 2.99. The standard InChI is InChI=1S/C16H12N2O3/c19-15(8-11-4-2-1-3-5-11)12-6-7-14-13(9-12)10-17-18(14)16(20)21/h1-7,9-10H,8H2,(H,20,21). The third-order valence-electron chi connectivity index (χ3n) is 3.28. The SMILES string of the molecule is O=C(Cc1ccccc1)c1ccc2c(cnn2C(=O)O)c1. The first-order valence-electron chi connectivity index (χ1n) is 6.43. The van der Waals surface area contributed by atoms with Gasteiger partial charge in [0.1, 0.15) is 0 Å². The van der Waals surface area contributed by atoms with Crippen LogP contribution in [0.5, 0.6) is 0 Å². The minimum atomic E-state index is -1.15. The number of rotatable bonds is 3. The molecular formula is C16H12N2O3. The summed E-state index contributed by atoms with van der Waals surface area (Å²) in [4.78, 5) is 23.2. The van der Waals surface area contributed by atoms with E-state index in [4.69, 9.17) is 5.11 Å². The molecule has 0 saturated heterocycles. The molecule has 0 bridgehead atoms. The normalized spacial score (nSPS) is 10.7. The first-order valence-corrected chi connectivity index (χ1v) is 6.43. The molecule has 3 aromatic rings. The van der Waals surface area contributed by atoms with Crippen LogP contribution in [0, 0.1) is 0 Å². The minimum absolute atomic E-state index is 0.00817. The molecule has 21 heavy (non-hydrogen) atoms. The second-order valence-electron chi connectivity index (χ2n) is 4.70. The van der Waals surface area contributed by atoms with E-state index in [1.165, 1.54) is 6.20 Å². The lowest BCUT2D eigenvalue weighted by Crippen LogP contribution is -2.09. The van der Waals surface area contributed by atoms with Gasteiger partial charge in [-0.05, 0) is 23.8 Å². The van der Waals surface area contributed by atoms with Crippen LogP contribution < -0.4 is 0 Å². The van der Waals surface area contributed by atoms with Crippen molar-refractivity contribution in [3.05, 3.63) is 65.9 Å². The van der Waals surface area contributed by atoms with E-state index in [-0.39, 0.29) is 5.78 Å². The lowest BCUT2D eigenvalue weighted by Gasteiger charge is -2.02. The number of carbonyl (C=O) groups excluding carboxylic acids is 1. The molecule has 5 heteroatoms. The highest BCUT2D eigenvalue weighted by Crippen LogP contribution is 2.17. The molecule has 0 aliphatic rings. The van der Waals surface area contributed by atoms with Crippen molar-refractivity contribution in [1.29, 1.82) is 0 Å². The van der Waals surface area contributed by atoms with Gasteiger partial charge in [0.2, 0.25) is 0 Å². The molecule has 1 N–H and O–H groups in total. The quantitative estimate of drug-likeness (QED) is 0.748. The number of carbonyl (C=O) groups is 2. The molecule has 2 aromatic carbocycles. The molecule has 0 aliphatic carbocycles. The largest absolute Gasteiger partial charge is 0.463 e. The molecule has 3 rings (SSSR count). The molecule has 1 heterocycles. The summed E-state index contributed by atoms with van der Waals surface area (Å²) in [5.41, 5.74) is 1.97. The van der Waals surface area contributed by atoms with Crippen LogP contribution in [0.1, 0.15) is 15.9 Å². The fourth-order valence-electron chi connectivity index (χ4n) is 2.24. The molecule has 0 spiro atoms. The van der Waals surface area contributed by atoms with Crippen LogP contribution in [0.15, 0.2) is 54.7 Å². The van der Waals surface area contributed by atoms with Gasteiger partial charge >= 0.3 is 6.09 Å². The predicted molar refractivity (Wildman–Crippen MR) is 77.6 cm³/mol. The Morgan fingerprint density at radius 1 is 1.10 bits per heavy atom. The summed E-state index contributed by atoms with van der Waals surface area (Å²) in [6.45, 7) is 0. The van der Waals surface area contributed by atoms with Crippen LogP contribution in [-0.2, 0) is 6.42 Å². The van der Waals surface area contributed by atoms with E-state index in [9.17, 15) is 9.59 Å². The Morgan fingerprint density at radius 3 is 2.57 bits per heavy atom. The zero-order valence-electron chi connectivity index (χ0n) is 11.1. The van der Waals surface area contributed by atoms with Crippen LogP contribution in [0.3, 0.4) is 0 Å². The van der Waals surface area contributed by atoms with Gasteiger partial charge in [0.15, 0.2) is 5.78 Å². The van der Waals surface area contributed by atoms with E-state index in [2.05, 4.69) is 5.10 Å². The zero-order chi connectivity index (χ0) is 14.8. The molecule has 0 amide bonds. The molecular weight excluding hydrogens is 268 g/mol. The van der Waals surface area contributed by atoms with Gasteiger partial charge in [-0.1, -0.05) is 30.3 Å². The topological polar surface area (TPSA) is 72.2 Å². The molecule has 5 nitrogen and oxygen atoms in total. The number of aromatic nitrogens is 2. The molecule has 0 atom stereocenters. The van der Waals surface area contributed by atoms with E-state index in [0.29, 0.717) is 22.9 Å². The number of nitrogens with zero attached hydrogens (tertiary/aromatic N) is 2. The fraction of sp³-hybridized carbons (Fsp3) is 0.0625. The van der Waals surface area contributed by atoms with Crippen molar-refractivity contribution in [1.82, 2.24) is 9.78 Å². The highest BCUT2D eigenvalue weighted by atomic mass is 16.4. The lowest BCUT2D eigenvalue weighted by atomic mass is 10.0. The van der Waals surface area contributed by atoms with Gasteiger partial charge in [0.25, 0.3) is 0 Å². The Hall–Kier alpha value is -2.95. The van der Waals surface area contributed by atoms with Crippen molar-refractivity contribution in [2.45, 2.75) is 6.42 Å². The Bertz CT molecular complexity index is 822. The summed E-state index contributed by atoms with van der Waals surface area (Å²) in [5, 5.41) is 13.4. The van der Waals surface area contributed by atoms with E-state index >= 15 is 0 Å². The maximum Gasteiger partial charge on any atom is 0.432 e. The Balaban J connectivity index is 1.91. The Morgan fingerprint density at radius 2 is 1.86 bits per heavy atom. The average molecular weight is 280 g/mol. The summed E-state index contributed by atoms with van der Waals surface area (Å²) in [7, 11) is 0. The molecule has 0 aliphatic heterocycles. The van der Waals surface area contributed by atoms with E-state index < -0.39 is 6.09 Å². The van der Waals surface area contributed by atoms with Crippen LogP contribution >= 0.6 is 0 Å². The smallest absolute Gasteiger partial charge is 0.432 e. The van der Waals surface area contributed by atoms with Gasteiger partial charge < -0.3 is 5.11 Å². The molecule has 104 valence electrons. The van der Waals surface area contributed by atoms with Crippen LogP contribution in [-0.4, -0.2) is 26.8 Å². The highest BCUT2D eigenvalue weighted by molar-refractivity contribution is 6.01. The third-order valence-corrected chi connectivity index (χ3v) is 3.28. The summed E-state index contributed by atoms with van der Waals surface area (Å²) >= 11 is 0. The lowest BCUT2D eigenvalue weighted by molar-refractivity contribution is 0.0993. The molecule has 0 unspecified atom stereocenters. The summed E-state index contributed by atoms with van der Waals surface area (Å²) < 4.78 is 0.890. The number of ketones is 1. The monoisotopic (exact) mass is 280 g/mol. The number of hydrogen-bond donors (Lipinski definition) is 1. The van der Waals surface area contributed by atoms with Crippen molar-refractivity contribution < 1.29 is 14.7 Å². The summed E-state index contributed by atoms with van der Waals surface area (Å²) in [6, 6.07) is 14.4. The molecule has 0 fully saturated rings. The van der Waals surface area contributed by atoms with Gasteiger partial charge in [-0.2, -0.15) is 9.78 Å². The first-order chi connectivity index (χ1) is 10.1. The molecule has 0 saturated carbocycles. The van der Waals surface area contributed by atoms with Crippen LogP contribution in [0.25, 0.3) is 10.9 Å². The molecule has 1 aromatic heterocycles. The average Bonchev–Trinajstić information content (AvgIpc) is 2.91. The zero-order valence-corrected chi connectivity index (χ0v) is 11.1. The van der Waals surface area contributed by atoms with Gasteiger partial charge in [0.05, 0.1) is 11.7 Å². The van der Waals surface area contributed by atoms with Gasteiger partial charge in [-0.25, -0.2) is 4.79 Å².